The van der Waals surface area contributed by atoms with Crippen molar-refractivity contribution in [3.63, 3.8) is 0 Å². The molecule has 0 spiro atoms. The zero-order chi connectivity index (χ0) is 18.2. The highest BCUT2D eigenvalue weighted by Gasteiger charge is 2.57. The van der Waals surface area contributed by atoms with E-state index in [1.807, 2.05) is 30.2 Å². The highest BCUT2D eigenvalue weighted by molar-refractivity contribution is 6.00. The normalized spacial score (nSPS) is 28.0. The number of nitrogens with zero attached hydrogens (tertiary/aromatic N) is 4. The molecule has 25 heavy (non-hydrogen) atoms. The largest absolute Gasteiger partial charge is 0.305 e. The molecule has 0 aromatic heterocycles. The highest BCUT2D eigenvalue weighted by Crippen LogP contribution is 2.53. The molecule has 1 saturated carbocycles. The lowest BCUT2D eigenvalue weighted by Crippen LogP contribution is -2.52. The molecule has 124 valence electrons. The topological polar surface area (TPSA) is 98.5 Å². The Labute approximate surface area is 145 Å². The van der Waals surface area contributed by atoms with Crippen molar-refractivity contribution in [1.82, 2.24) is 4.90 Å². The molecule has 1 aliphatic heterocycles. The lowest BCUT2D eigenvalue weighted by molar-refractivity contribution is 0.235. The molecule has 1 aromatic rings. The third kappa shape index (κ3) is 2.41. The summed E-state index contributed by atoms with van der Waals surface area (Å²) in [6, 6.07) is 11.9. The summed E-state index contributed by atoms with van der Waals surface area (Å²) >= 11 is 0. The summed E-state index contributed by atoms with van der Waals surface area (Å²) in [5, 5.41) is 37.7. The van der Waals surface area contributed by atoms with Crippen molar-refractivity contribution in [2.45, 2.75) is 5.92 Å². The van der Waals surface area contributed by atoms with Gasteiger partial charge in [0.15, 0.2) is 5.41 Å². The molecule has 3 atom stereocenters. The fourth-order valence-corrected chi connectivity index (χ4v) is 4.03. The van der Waals surface area contributed by atoms with Crippen LogP contribution in [0.3, 0.4) is 0 Å². The van der Waals surface area contributed by atoms with Crippen LogP contribution in [0.2, 0.25) is 0 Å². The maximum atomic E-state index is 13.8. The SMILES string of the molecule is CN1CC=C2C(C#N)C(=N)C(C#N)(C#N)[C@H](c3cccc(F)c3)[C@H]2C1. The summed E-state index contributed by atoms with van der Waals surface area (Å²) in [5.41, 5.74) is -0.716. The molecule has 1 aliphatic carbocycles. The van der Waals surface area contributed by atoms with Crippen LogP contribution in [0.1, 0.15) is 11.5 Å². The number of benzene rings is 1. The van der Waals surface area contributed by atoms with Crippen molar-refractivity contribution in [3.8, 4) is 18.2 Å². The third-order valence-corrected chi connectivity index (χ3v) is 5.18. The Hall–Kier alpha value is -3.01. The van der Waals surface area contributed by atoms with Crippen molar-refractivity contribution in [1.29, 1.82) is 21.2 Å². The summed E-state index contributed by atoms with van der Waals surface area (Å²) in [7, 11) is 1.91. The van der Waals surface area contributed by atoms with E-state index in [-0.39, 0.29) is 11.6 Å². The lowest BCUT2D eigenvalue weighted by Gasteiger charge is -2.47. The molecule has 5 nitrogen and oxygen atoms in total. The molecule has 0 radical (unpaired) electrons. The highest BCUT2D eigenvalue weighted by atomic mass is 19.1. The molecule has 6 heteroatoms. The molecule has 1 heterocycles. The summed E-state index contributed by atoms with van der Waals surface area (Å²) < 4.78 is 13.8. The van der Waals surface area contributed by atoms with Crippen LogP contribution in [0, 0.1) is 62.5 Å². The van der Waals surface area contributed by atoms with Crippen LogP contribution >= 0.6 is 0 Å². The van der Waals surface area contributed by atoms with Gasteiger partial charge in [0.1, 0.15) is 11.7 Å². The van der Waals surface area contributed by atoms with Crippen LogP contribution in [0.5, 0.6) is 0 Å². The standard InChI is InChI=1S/C19H16FN5/c1-25-6-5-14-15(8-21)18(24)19(10-22,11-23)17(16(14)9-25)12-3-2-4-13(20)7-12/h2-5,7,15-17,24H,6,9H2,1H3/t15?,16-,17+/m0/s1. The molecule has 3 rings (SSSR count). The summed E-state index contributed by atoms with van der Waals surface area (Å²) in [6.45, 7) is 1.18. The molecule has 0 bridgehead atoms. The lowest BCUT2D eigenvalue weighted by atomic mass is 9.54. The molecule has 1 fully saturated rings. The minimum atomic E-state index is -1.78. The molecule has 1 aromatic carbocycles. The van der Waals surface area contributed by atoms with Crippen molar-refractivity contribution in [2.24, 2.45) is 17.3 Å². The van der Waals surface area contributed by atoms with E-state index in [2.05, 4.69) is 6.07 Å². The number of nitrogens with one attached hydrogen (secondary N) is 1. The molecule has 0 amide bonds. The van der Waals surface area contributed by atoms with E-state index < -0.39 is 23.1 Å². The van der Waals surface area contributed by atoms with Gasteiger partial charge in [-0.15, -0.1) is 0 Å². The second-order valence-corrected chi connectivity index (χ2v) is 6.57. The Bertz CT molecular complexity index is 868. The number of hydrogen-bond donors (Lipinski definition) is 1. The van der Waals surface area contributed by atoms with Crippen LogP contribution in [-0.4, -0.2) is 30.7 Å². The fraction of sp³-hybridized carbons (Fsp3) is 0.368. The number of nitriles is 3. The number of rotatable bonds is 1. The Balaban J connectivity index is 2.28. The average Bonchev–Trinajstić information content (AvgIpc) is 2.61. The van der Waals surface area contributed by atoms with E-state index in [9.17, 15) is 20.2 Å². The first-order chi connectivity index (χ1) is 12.0. The predicted molar refractivity (Wildman–Crippen MR) is 88.7 cm³/mol. The smallest absolute Gasteiger partial charge is 0.189 e. The van der Waals surface area contributed by atoms with Crippen LogP contribution < -0.4 is 0 Å². The van der Waals surface area contributed by atoms with Crippen LogP contribution in [0.4, 0.5) is 4.39 Å². The number of likely N-dealkylation sites (N-methyl/N-ethyl adjacent to an activating group) is 1. The first-order valence-electron chi connectivity index (χ1n) is 7.93. The number of fused-ring (bicyclic) bond motifs is 1. The monoisotopic (exact) mass is 333 g/mol. The first-order valence-corrected chi connectivity index (χ1v) is 7.93. The van der Waals surface area contributed by atoms with Gasteiger partial charge in [-0.05, 0) is 30.3 Å². The fourth-order valence-electron chi connectivity index (χ4n) is 4.03. The molecule has 0 saturated heterocycles. The van der Waals surface area contributed by atoms with Gasteiger partial charge in [0.05, 0.1) is 23.9 Å². The van der Waals surface area contributed by atoms with Gasteiger partial charge >= 0.3 is 0 Å². The summed E-state index contributed by atoms with van der Waals surface area (Å²) in [6.07, 6.45) is 1.90. The molecule has 1 unspecified atom stereocenters. The minimum Gasteiger partial charge on any atom is -0.305 e. The second-order valence-electron chi connectivity index (χ2n) is 6.57. The zero-order valence-electron chi connectivity index (χ0n) is 13.7. The van der Waals surface area contributed by atoms with Crippen molar-refractivity contribution < 1.29 is 4.39 Å². The van der Waals surface area contributed by atoms with Gasteiger partial charge in [-0.3, -0.25) is 0 Å². The van der Waals surface area contributed by atoms with E-state index in [4.69, 9.17) is 5.41 Å². The van der Waals surface area contributed by atoms with Gasteiger partial charge in [0.25, 0.3) is 0 Å². The van der Waals surface area contributed by atoms with Crippen LogP contribution in [-0.2, 0) is 0 Å². The summed E-state index contributed by atoms with van der Waals surface area (Å²) in [5.74, 6) is -2.32. The van der Waals surface area contributed by atoms with E-state index >= 15 is 0 Å². The van der Waals surface area contributed by atoms with Gasteiger partial charge < -0.3 is 10.3 Å². The molecule has 2 aliphatic rings. The zero-order valence-corrected chi connectivity index (χ0v) is 13.7. The maximum absolute atomic E-state index is 13.8. The van der Waals surface area contributed by atoms with Gasteiger partial charge in [-0.1, -0.05) is 18.2 Å². The predicted octanol–water partition coefficient (Wildman–Crippen LogP) is 2.60. The van der Waals surface area contributed by atoms with Gasteiger partial charge in [0.2, 0.25) is 0 Å². The molecular weight excluding hydrogens is 317 g/mol. The average molecular weight is 333 g/mol. The minimum absolute atomic E-state index is 0.207. The summed E-state index contributed by atoms with van der Waals surface area (Å²) in [4.78, 5) is 2.03. The Morgan fingerprint density at radius 1 is 1.28 bits per heavy atom. The quantitative estimate of drug-likeness (QED) is 0.799. The third-order valence-electron chi connectivity index (χ3n) is 5.18. The Morgan fingerprint density at radius 3 is 2.60 bits per heavy atom. The Kier molecular flexibility index (Phi) is 4.13. The number of hydrogen-bond acceptors (Lipinski definition) is 5. The Morgan fingerprint density at radius 2 is 2.00 bits per heavy atom. The van der Waals surface area contributed by atoms with Crippen molar-refractivity contribution in [2.75, 3.05) is 20.1 Å². The molecule has 1 N–H and O–H groups in total. The van der Waals surface area contributed by atoms with E-state index in [1.165, 1.54) is 12.1 Å². The maximum Gasteiger partial charge on any atom is 0.189 e. The van der Waals surface area contributed by atoms with Gasteiger partial charge in [-0.2, -0.15) is 15.8 Å². The second kappa shape index (κ2) is 6.13. The van der Waals surface area contributed by atoms with E-state index in [0.717, 1.165) is 5.57 Å². The van der Waals surface area contributed by atoms with Crippen LogP contribution in [0.15, 0.2) is 35.9 Å². The van der Waals surface area contributed by atoms with Crippen LogP contribution in [0.25, 0.3) is 0 Å². The van der Waals surface area contributed by atoms with Crippen molar-refractivity contribution >= 4 is 5.71 Å². The first kappa shape index (κ1) is 16.8. The molecular formula is C19H16FN5. The van der Waals surface area contributed by atoms with E-state index in [1.54, 1.807) is 12.1 Å². The van der Waals surface area contributed by atoms with E-state index in [0.29, 0.717) is 18.7 Å². The van der Waals surface area contributed by atoms with Crippen molar-refractivity contribution in [3.05, 3.63) is 47.3 Å². The number of halogens is 1. The van der Waals surface area contributed by atoms with Gasteiger partial charge in [-0.25, -0.2) is 4.39 Å². The van der Waals surface area contributed by atoms with Gasteiger partial charge in [0, 0.05) is 24.9 Å².